The molecule has 47 heavy (non-hydrogen) atoms. The highest BCUT2D eigenvalue weighted by atomic mass is 14.1. The summed E-state index contributed by atoms with van der Waals surface area (Å²) in [5, 5.41) is 0. The molecule has 0 saturated carbocycles. The second-order valence-corrected chi connectivity index (χ2v) is 0. The molecule has 0 aliphatic carbocycles. The SMILES string of the molecule is C.N.N.N.N.N.N.N.N.N.N.N.N.N.N.N.N.N.N.N.N.N.N.N.N.N.N.N.N.N.N.N.N.N.N.N.N.N.N.N.N.N.N.N.N.N.N.[HH].[HH].[HH].[HH].[HH].[HH].[HH].[HH].[HH].[HH].[HH].[HH].[HH].[HH].[HH].[HH].[HH].[HH].[HH].[HH].[HH].[HH].[HH].[HH].[HH].[HH].[HH].[HH].[HH].[HH].[HH].[HH].[HH].[HH].[HH].[HH].[HH].[HH].[HH].[HH].[HH].[HH].[HH].[HH].[HH].[HH].[HH].[HH].[HH].[HH].[HH].[HH].[HH].[HH].[HH].[HH].[HH].[HH].[HH].[HH].[HH].[HH].[HH].[HH].[HH].[HH].[HH].[HH].[HH].[HH].[HH].[HH].[HH].[HH].[HH].[HH].[HH].[HH].[HH].[HH].[HH].[HH].[HH].[HH].[HH].[HH].[HH].[HH].[HH].[HH]. The third-order valence-corrected chi connectivity index (χ3v) is 0. The van der Waals surface area contributed by atoms with Crippen molar-refractivity contribution in [2.45, 2.75) is 7.43 Å². The van der Waals surface area contributed by atoms with Gasteiger partial charge in [-0.3, -0.25) is 0 Å². The van der Waals surface area contributed by atoms with Gasteiger partial charge in [0.2, 0.25) is 0 Å². The monoisotopic (exact) mass is 981 g/mol. The van der Waals surface area contributed by atoms with Crippen molar-refractivity contribution in [2.24, 2.45) is 0 Å². The van der Waals surface area contributed by atoms with Crippen molar-refractivity contribution in [3.8, 4) is 0 Å². The summed E-state index contributed by atoms with van der Waals surface area (Å²) in [6, 6.07) is 0. The maximum Gasteiger partial charge on any atom is 0 e. The largest absolute Gasteiger partial charge is 0.344 e. The van der Waals surface area contributed by atoms with E-state index < -0.39 is 0 Å². The standard InChI is InChI=1S/CH4.46H3N.90H2/h1H4;46*1H3;90*1H. The first-order valence-corrected chi connectivity index (χ1v) is 0. The van der Waals surface area contributed by atoms with E-state index in [2.05, 4.69) is 0 Å². The number of rotatable bonds is 0. The average molecular weight is 981 g/mol. The average Bonchev–Trinajstić information content (AvgIpc) is 0. The van der Waals surface area contributed by atoms with Gasteiger partial charge in [-0.05, 0) is 0 Å². The minimum absolute atomic E-state index is 0. The molecule has 46 nitrogen and oxygen atoms in total. The Labute approximate surface area is 425 Å². The van der Waals surface area contributed by atoms with Crippen LogP contribution in [0.1, 0.15) is 136 Å². The van der Waals surface area contributed by atoms with Crippen LogP contribution in [0.3, 0.4) is 0 Å². The van der Waals surface area contributed by atoms with Crippen LogP contribution in [0.2, 0.25) is 0 Å². The summed E-state index contributed by atoms with van der Waals surface area (Å²) >= 11 is 0. The predicted octanol–water partition coefficient (Wildman–Crippen LogP) is 30.2. The molecule has 0 fully saturated rings. The van der Waals surface area contributed by atoms with Crippen molar-refractivity contribution < 1.29 is 128 Å². The van der Waals surface area contributed by atoms with Crippen LogP contribution in [0.15, 0.2) is 0 Å². The zero-order chi connectivity index (χ0) is 0. The van der Waals surface area contributed by atoms with Crippen LogP contribution < -0.4 is 283 Å². The summed E-state index contributed by atoms with van der Waals surface area (Å²) in [7, 11) is 0. The fourth-order valence-electron chi connectivity index (χ4n) is 0. The summed E-state index contributed by atoms with van der Waals surface area (Å²) in [6.07, 6.45) is 0. The first-order valence-electron chi connectivity index (χ1n) is 0. The van der Waals surface area contributed by atoms with E-state index in [0.717, 1.165) is 0 Å². The van der Waals surface area contributed by atoms with E-state index in [4.69, 9.17) is 0 Å². The lowest BCUT2D eigenvalue weighted by Gasteiger charge is -0.345. The van der Waals surface area contributed by atoms with Crippen molar-refractivity contribution in [1.82, 2.24) is 283 Å². The molecule has 0 aromatic rings. The second kappa shape index (κ2) is 24300. The van der Waals surface area contributed by atoms with E-state index in [0.29, 0.717) is 0 Å². The highest BCUT2D eigenvalue weighted by Gasteiger charge is -0.0774. The Hall–Kier alpha value is -1.84. The smallest absolute Gasteiger partial charge is 0 e. The zero-order valence-corrected chi connectivity index (χ0v) is 32.5. The van der Waals surface area contributed by atoms with Gasteiger partial charge >= 0.3 is 0 Å². The van der Waals surface area contributed by atoms with Crippen LogP contribution >= 0.6 is 0 Å². The molecule has 0 aromatic heterocycles. The topological polar surface area (TPSA) is 1610 Å². The van der Waals surface area contributed by atoms with Gasteiger partial charge in [0.05, 0.1) is 0 Å². The van der Waals surface area contributed by atoms with Crippen molar-refractivity contribution >= 4 is 0 Å². The van der Waals surface area contributed by atoms with Gasteiger partial charge in [-0.2, -0.15) is 0 Å². The van der Waals surface area contributed by atoms with E-state index >= 15 is 0 Å². The Morgan fingerprint density at radius 2 is 0.0638 bits per heavy atom. The second-order valence-electron chi connectivity index (χ2n) is 0. The minimum Gasteiger partial charge on any atom is -0.344 e. The third-order valence-electron chi connectivity index (χ3n) is 0. The molecule has 0 spiro atoms. The van der Waals surface area contributed by atoms with Gasteiger partial charge in [0, 0.05) is 128 Å². The minimum atomic E-state index is 0. The van der Waals surface area contributed by atoms with Crippen LogP contribution in [0, 0.1) is 0 Å². The molecule has 0 unspecified atom stereocenters. The fourth-order valence-corrected chi connectivity index (χ4v) is 0. The van der Waals surface area contributed by atoms with Gasteiger partial charge < -0.3 is 283 Å². The lowest BCUT2D eigenvalue weighted by molar-refractivity contribution is 2.13. The first-order chi connectivity index (χ1) is 0. The van der Waals surface area contributed by atoms with Crippen molar-refractivity contribution in [3.63, 3.8) is 0 Å². The van der Waals surface area contributed by atoms with Gasteiger partial charge in [-0.1, -0.05) is 7.43 Å². The van der Waals surface area contributed by atoms with E-state index in [1.165, 1.54) is 0 Å². The fraction of sp³-hybridized carbons (Fsp3) is 1.00. The molecule has 138 N–H and O–H groups in total. The van der Waals surface area contributed by atoms with E-state index in [1.54, 1.807) is 0 Å². The molecule has 0 bridgehead atoms. The summed E-state index contributed by atoms with van der Waals surface area (Å²) < 4.78 is 0. The van der Waals surface area contributed by atoms with Crippen LogP contribution in [0.5, 0.6) is 0 Å². The molecule has 0 aliphatic rings. The lowest BCUT2D eigenvalue weighted by Crippen LogP contribution is -0.482. The van der Waals surface area contributed by atoms with Gasteiger partial charge in [0.1, 0.15) is 0 Å². The molecular weight excluding hydrogens is 656 g/mol. The normalized spacial score (nSPS) is 0. The Kier molecular flexibility index (Phi) is 13400000. The van der Waals surface area contributed by atoms with Gasteiger partial charge in [0.15, 0.2) is 0 Å². The Morgan fingerprint density at radius 1 is 0.0638 bits per heavy atom. The molecule has 46 heteroatoms. The molecular formula is CH322N46. The van der Waals surface area contributed by atoms with Crippen LogP contribution in [-0.2, 0) is 0 Å². The highest BCUT2D eigenvalue weighted by Crippen LogP contribution is 0.144. The first kappa shape index (κ1) is 26000. The summed E-state index contributed by atoms with van der Waals surface area (Å²) in [6.45, 7) is 0. The van der Waals surface area contributed by atoms with Gasteiger partial charge in [-0.25, -0.2) is 0 Å². The Balaban J connectivity index is 0. The van der Waals surface area contributed by atoms with E-state index in [-0.39, 0.29) is 419 Å². The molecule has 0 radical (unpaired) electrons. The van der Waals surface area contributed by atoms with Gasteiger partial charge in [-0.15, -0.1) is 0 Å². The number of hydrogen-bond donors (Lipinski definition) is 46. The zero-order valence-electron chi connectivity index (χ0n) is 32.5. The molecule has 0 heterocycles. The van der Waals surface area contributed by atoms with Crippen LogP contribution in [0.25, 0.3) is 0 Å². The van der Waals surface area contributed by atoms with Crippen LogP contribution in [0.4, 0.5) is 0 Å². The quantitative estimate of drug-likeness (QED) is 0.107. The summed E-state index contributed by atoms with van der Waals surface area (Å²) in [5.74, 6) is 0. The van der Waals surface area contributed by atoms with Crippen molar-refractivity contribution in [1.29, 1.82) is 0 Å². The summed E-state index contributed by atoms with van der Waals surface area (Å²) in [5.41, 5.74) is 0. The van der Waals surface area contributed by atoms with Crippen molar-refractivity contribution in [2.75, 3.05) is 0 Å². The molecule has 0 aromatic carbocycles. The highest BCUT2D eigenvalue weighted by molar-refractivity contribution is 2.50. The van der Waals surface area contributed by atoms with E-state index in [1.807, 2.05) is 0 Å². The predicted molar refractivity (Wildman–Crippen MR) is 428 cm³/mol. The maximum absolute atomic E-state index is 0. The molecule has 0 amide bonds. The molecule has 0 aliphatic heterocycles. The Bertz CT molecular complexity index is 134. The maximum atomic E-state index is 0. The van der Waals surface area contributed by atoms with Gasteiger partial charge in [0.25, 0.3) is 0 Å². The lowest BCUT2D eigenvalue weighted by atomic mass is 12.0. The molecule has 0 saturated heterocycles. The third kappa shape index (κ3) is 23200. The molecule has 0 rings (SSSR count). The number of hydrogen-bond acceptors (Lipinski definition) is 46. The molecule has 0 atom stereocenters. The van der Waals surface area contributed by atoms with Crippen molar-refractivity contribution in [3.05, 3.63) is 0 Å². The molecule has 556 valence electrons. The Morgan fingerprint density at radius 3 is 0.0638 bits per heavy atom. The summed E-state index contributed by atoms with van der Waals surface area (Å²) in [4.78, 5) is 0. The van der Waals surface area contributed by atoms with Crippen LogP contribution in [-0.4, -0.2) is 0 Å². The van der Waals surface area contributed by atoms with E-state index in [9.17, 15) is 0 Å².